The summed E-state index contributed by atoms with van der Waals surface area (Å²) in [4.78, 5) is 7.43. The molecule has 0 N–H and O–H groups in total. The second kappa shape index (κ2) is 10.5. The van der Waals surface area contributed by atoms with E-state index in [-0.39, 0.29) is 0 Å². The van der Waals surface area contributed by atoms with Crippen molar-refractivity contribution in [3.63, 3.8) is 0 Å². The predicted octanol–water partition coefficient (Wildman–Crippen LogP) is 10.4. The zero-order valence-electron chi connectivity index (χ0n) is 24.0. The fraction of sp³-hybridized carbons (Fsp3) is 0.0526. The summed E-state index contributed by atoms with van der Waals surface area (Å²) in [6.45, 7) is 4.97. The van der Waals surface area contributed by atoms with E-state index in [0.717, 1.165) is 32.7 Å². The highest BCUT2D eigenvalue weighted by atomic mass is 32.2. The molecule has 0 fully saturated rings. The van der Waals surface area contributed by atoms with Gasteiger partial charge < -0.3 is 9.64 Å². The molecule has 0 saturated carbocycles. The lowest BCUT2D eigenvalue weighted by molar-refractivity contribution is 0.455. The summed E-state index contributed by atoms with van der Waals surface area (Å²) in [7, 11) is -1.92. The van der Waals surface area contributed by atoms with E-state index in [1.807, 2.05) is 23.9 Å². The Morgan fingerprint density at radius 2 is 1.07 bits per heavy atom. The minimum atomic E-state index is -1.92. The van der Waals surface area contributed by atoms with Crippen molar-refractivity contribution in [1.29, 1.82) is 0 Å². The molecule has 0 unspecified atom stereocenters. The van der Waals surface area contributed by atoms with Crippen LogP contribution in [0.4, 0.5) is 17.1 Å². The molecule has 0 amide bonds. The third-order valence-corrected chi connectivity index (χ3v) is 14.7. The largest absolute Gasteiger partial charge is 0.455 e. The molecule has 6 aromatic rings. The van der Waals surface area contributed by atoms with E-state index < -0.39 is 8.07 Å². The molecule has 0 radical (unpaired) electrons. The summed E-state index contributed by atoms with van der Waals surface area (Å²) in [5.41, 5.74) is 5.88. The Morgan fingerprint density at radius 1 is 0.488 bits per heavy atom. The molecule has 8 rings (SSSR count). The van der Waals surface area contributed by atoms with Crippen LogP contribution in [0.15, 0.2) is 159 Å². The standard InChI is InChI=1S/C38H29NOS2Si/c1-43(2)35-20-9-8-19-34(35)42-38-30(15-11-21-36(38)43)39(28-24-22-27(23-25-28)26-12-4-3-5-13-26)29-14-10-17-32-37(29)41-33-18-7-6-16-31(33)40-32/h3-25H,1-2H3. The lowest BCUT2D eigenvalue weighted by Crippen LogP contribution is -2.56. The van der Waals surface area contributed by atoms with Crippen LogP contribution < -0.4 is 20.0 Å². The number of hydrogen-bond donors (Lipinski definition) is 0. The van der Waals surface area contributed by atoms with Crippen LogP contribution in [0.2, 0.25) is 13.1 Å². The first-order valence-corrected chi connectivity index (χ1v) is 19.2. The van der Waals surface area contributed by atoms with Crippen LogP contribution in [0.1, 0.15) is 0 Å². The maximum Gasteiger partial charge on any atom is 0.143 e. The fourth-order valence-electron chi connectivity index (χ4n) is 6.18. The normalized spacial score (nSPS) is 14.0. The molecule has 0 spiro atoms. The molecule has 0 aromatic heterocycles. The third-order valence-electron chi connectivity index (χ3n) is 8.39. The minimum absolute atomic E-state index is 0.893. The van der Waals surface area contributed by atoms with Crippen molar-refractivity contribution in [2.24, 2.45) is 0 Å². The molecule has 2 aliphatic heterocycles. The molecular formula is C38H29NOS2Si. The molecule has 6 aromatic carbocycles. The van der Waals surface area contributed by atoms with Gasteiger partial charge in [0, 0.05) is 15.5 Å². The number of hydrogen-bond acceptors (Lipinski definition) is 4. The van der Waals surface area contributed by atoms with Crippen LogP contribution in [-0.4, -0.2) is 8.07 Å². The topological polar surface area (TPSA) is 12.5 Å². The summed E-state index contributed by atoms with van der Waals surface area (Å²) in [5.74, 6) is 1.80. The first-order valence-electron chi connectivity index (χ1n) is 14.5. The van der Waals surface area contributed by atoms with Crippen LogP contribution >= 0.6 is 23.5 Å². The van der Waals surface area contributed by atoms with Crippen molar-refractivity contribution < 1.29 is 4.74 Å². The molecule has 208 valence electrons. The summed E-state index contributed by atoms with van der Waals surface area (Å²) in [5, 5.41) is 3.00. The number of ether oxygens (including phenoxy) is 1. The van der Waals surface area contributed by atoms with Gasteiger partial charge in [-0.1, -0.05) is 128 Å². The van der Waals surface area contributed by atoms with Gasteiger partial charge in [-0.2, -0.15) is 0 Å². The highest BCUT2D eigenvalue weighted by Crippen LogP contribution is 2.54. The summed E-state index contributed by atoms with van der Waals surface area (Å²) in [6, 6.07) is 50.2. The number of benzene rings is 6. The summed E-state index contributed by atoms with van der Waals surface area (Å²) < 4.78 is 6.46. The van der Waals surface area contributed by atoms with Crippen molar-refractivity contribution in [3.8, 4) is 22.6 Å². The fourth-order valence-corrected chi connectivity index (χ4v) is 12.8. The van der Waals surface area contributed by atoms with Crippen molar-refractivity contribution in [1.82, 2.24) is 0 Å². The van der Waals surface area contributed by atoms with Crippen LogP contribution in [-0.2, 0) is 0 Å². The van der Waals surface area contributed by atoms with Gasteiger partial charge >= 0.3 is 0 Å². The summed E-state index contributed by atoms with van der Waals surface area (Å²) in [6.07, 6.45) is 0. The van der Waals surface area contributed by atoms with E-state index in [9.17, 15) is 0 Å². The van der Waals surface area contributed by atoms with Crippen molar-refractivity contribution in [2.75, 3.05) is 4.90 Å². The minimum Gasteiger partial charge on any atom is -0.455 e. The number of rotatable bonds is 4. The van der Waals surface area contributed by atoms with E-state index in [1.165, 1.54) is 37.0 Å². The van der Waals surface area contributed by atoms with Gasteiger partial charge in [0.15, 0.2) is 0 Å². The second-order valence-electron chi connectivity index (χ2n) is 11.4. The van der Waals surface area contributed by atoms with E-state index in [0.29, 0.717) is 0 Å². The number of nitrogens with zero attached hydrogens (tertiary/aromatic N) is 1. The van der Waals surface area contributed by atoms with Crippen LogP contribution in [0, 0.1) is 0 Å². The Kier molecular flexibility index (Phi) is 6.48. The SMILES string of the molecule is C[Si]1(C)c2ccccc2Sc2c(N(c3ccc(-c4ccccc4)cc3)c3cccc4c3Sc3ccccc3O4)cccc21. The van der Waals surface area contributed by atoms with E-state index in [2.05, 4.69) is 145 Å². The van der Waals surface area contributed by atoms with E-state index in [1.54, 1.807) is 11.8 Å². The summed E-state index contributed by atoms with van der Waals surface area (Å²) >= 11 is 3.70. The molecule has 2 nitrogen and oxygen atoms in total. The van der Waals surface area contributed by atoms with Crippen molar-refractivity contribution >= 4 is 59.0 Å². The molecular weight excluding hydrogens is 579 g/mol. The maximum absolute atomic E-state index is 6.46. The zero-order valence-corrected chi connectivity index (χ0v) is 26.6. The van der Waals surface area contributed by atoms with Gasteiger partial charge in [-0.05, 0) is 70.0 Å². The van der Waals surface area contributed by atoms with Gasteiger partial charge in [0.25, 0.3) is 0 Å². The molecule has 0 atom stereocenters. The van der Waals surface area contributed by atoms with Gasteiger partial charge in [-0.3, -0.25) is 0 Å². The monoisotopic (exact) mass is 607 g/mol. The zero-order chi connectivity index (χ0) is 29.0. The molecule has 0 aliphatic carbocycles. The lowest BCUT2D eigenvalue weighted by atomic mass is 10.0. The molecule has 0 bridgehead atoms. The van der Waals surface area contributed by atoms with E-state index in [4.69, 9.17) is 4.74 Å². The lowest BCUT2D eigenvalue weighted by Gasteiger charge is -2.37. The number of para-hydroxylation sites is 1. The van der Waals surface area contributed by atoms with Gasteiger partial charge in [-0.25, -0.2) is 0 Å². The quantitative estimate of drug-likeness (QED) is 0.185. The maximum atomic E-state index is 6.46. The highest BCUT2D eigenvalue weighted by molar-refractivity contribution is 8.00. The molecule has 0 saturated heterocycles. The van der Waals surface area contributed by atoms with Crippen LogP contribution in [0.5, 0.6) is 11.5 Å². The van der Waals surface area contributed by atoms with Gasteiger partial charge in [-0.15, -0.1) is 0 Å². The Labute approximate surface area is 262 Å². The molecule has 2 aliphatic rings. The molecule has 2 heterocycles. The highest BCUT2D eigenvalue weighted by Gasteiger charge is 2.37. The second-order valence-corrected chi connectivity index (χ2v) is 17.8. The van der Waals surface area contributed by atoms with Gasteiger partial charge in [0.2, 0.25) is 0 Å². The Hall–Kier alpha value is -4.16. The van der Waals surface area contributed by atoms with Gasteiger partial charge in [0.05, 0.1) is 21.2 Å². The molecule has 5 heteroatoms. The van der Waals surface area contributed by atoms with Crippen LogP contribution in [0.25, 0.3) is 11.1 Å². The first kappa shape index (κ1) is 26.5. The average Bonchev–Trinajstić information content (AvgIpc) is 3.05. The van der Waals surface area contributed by atoms with Crippen molar-refractivity contribution in [3.05, 3.63) is 140 Å². The number of anilines is 3. The Bertz CT molecular complexity index is 1990. The molecule has 43 heavy (non-hydrogen) atoms. The van der Waals surface area contributed by atoms with Gasteiger partial charge in [0.1, 0.15) is 19.6 Å². The van der Waals surface area contributed by atoms with Crippen molar-refractivity contribution in [2.45, 2.75) is 32.7 Å². The van der Waals surface area contributed by atoms with Crippen LogP contribution in [0.3, 0.4) is 0 Å². The third kappa shape index (κ3) is 4.51. The Balaban J connectivity index is 1.33. The van der Waals surface area contributed by atoms with E-state index >= 15 is 0 Å². The average molecular weight is 608 g/mol. The number of fused-ring (bicyclic) bond motifs is 4. The first-order chi connectivity index (χ1) is 21.1. The smallest absolute Gasteiger partial charge is 0.143 e. The Morgan fingerprint density at radius 3 is 1.88 bits per heavy atom. The predicted molar refractivity (Wildman–Crippen MR) is 185 cm³/mol.